The minimum atomic E-state index is -0.213. The standard InChI is InChI=1S/C15H25N5O2S/c1-19(2)13(21)5-4-10(8-16)17-14(22)15-18-11-6-7-20(3)9-12(11)23-15/h10H,4-9,16H2,1-3H3,(H,17,22). The van der Waals surface area contributed by atoms with Crippen molar-refractivity contribution in [3.05, 3.63) is 15.6 Å². The van der Waals surface area contributed by atoms with Gasteiger partial charge < -0.3 is 20.9 Å². The average Bonchev–Trinajstić information content (AvgIpc) is 2.93. The smallest absolute Gasteiger partial charge is 0.280 e. The van der Waals surface area contributed by atoms with Crippen LogP contribution in [0.5, 0.6) is 0 Å². The molecule has 0 aromatic carbocycles. The van der Waals surface area contributed by atoms with Gasteiger partial charge >= 0.3 is 0 Å². The van der Waals surface area contributed by atoms with Gasteiger partial charge in [0.1, 0.15) is 0 Å². The number of nitrogens with one attached hydrogen (secondary N) is 1. The maximum atomic E-state index is 12.4. The van der Waals surface area contributed by atoms with E-state index in [1.807, 2.05) is 0 Å². The fourth-order valence-electron chi connectivity index (χ4n) is 2.44. The molecule has 0 fully saturated rings. The topological polar surface area (TPSA) is 91.6 Å². The molecule has 0 saturated carbocycles. The Bertz CT molecular complexity index is 572. The molecule has 1 atom stereocenters. The first kappa shape index (κ1) is 17.8. The number of fused-ring (bicyclic) bond motifs is 1. The third-order valence-corrected chi connectivity index (χ3v) is 5.02. The van der Waals surface area contributed by atoms with Crippen LogP contribution in [0.3, 0.4) is 0 Å². The Morgan fingerprint density at radius 1 is 1.48 bits per heavy atom. The van der Waals surface area contributed by atoms with Crippen molar-refractivity contribution in [2.45, 2.75) is 31.8 Å². The first-order valence-electron chi connectivity index (χ1n) is 7.79. The van der Waals surface area contributed by atoms with Crippen molar-refractivity contribution in [2.24, 2.45) is 5.73 Å². The van der Waals surface area contributed by atoms with Crippen LogP contribution in [0.25, 0.3) is 0 Å². The number of carbonyl (C=O) groups is 2. The highest BCUT2D eigenvalue weighted by Crippen LogP contribution is 2.24. The van der Waals surface area contributed by atoms with Crippen LogP contribution in [0.2, 0.25) is 0 Å². The molecule has 8 heteroatoms. The van der Waals surface area contributed by atoms with Crippen LogP contribution in [0.1, 0.15) is 33.2 Å². The van der Waals surface area contributed by atoms with E-state index >= 15 is 0 Å². The SMILES string of the molecule is CN1CCc2nc(C(=O)NC(CN)CCC(=O)N(C)C)sc2C1. The molecule has 2 heterocycles. The lowest BCUT2D eigenvalue weighted by Gasteiger charge is -2.20. The Morgan fingerprint density at radius 2 is 2.22 bits per heavy atom. The van der Waals surface area contributed by atoms with Gasteiger partial charge in [-0.25, -0.2) is 4.98 Å². The van der Waals surface area contributed by atoms with Crippen molar-refractivity contribution < 1.29 is 9.59 Å². The minimum absolute atomic E-state index is 0.0328. The summed E-state index contributed by atoms with van der Waals surface area (Å²) >= 11 is 1.45. The molecule has 2 rings (SSSR count). The Morgan fingerprint density at radius 3 is 2.87 bits per heavy atom. The lowest BCUT2D eigenvalue weighted by atomic mass is 10.1. The molecule has 0 radical (unpaired) electrons. The first-order valence-corrected chi connectivity index (χ1v) is 8.60. The summed E-state index contributed by atoms with van der Waals surface area (Å²) in [5, 5.41) is 3.39. The summed E-state index contributed by atoms with van der Waals surface area (Å²) < 4.78 is 0. The molecule has 0 bridgehead atoms. The molecule has 0 spiro atoms. The number of thiazole rings is 1. The molecule has 0 aliphatic carbocycles. The zero-order valence-electron chi connectivity index (χ0n) is 14.0. The maximum Gasteiger partial charge on any atom is 0.280 e. The largest absolute Gasteiger partial charge is 0.349 e. The van der Waals surface area contributed by atoms with E-state index in [0.29, 0.717) is 24.4 Å². The van der Waals surface area contributed by atoms with E-state index in [2.05, 4.69) is 22.2 Å². The lowest BCUT2D eigenvalue weighted by Crippen LogP contribution is -2.41. The van der Waals surface area contributed by atoms with Crippen molar-refractivity contribution in [1.29, 1.82) is 0 Å². The molecule has 2 amide bonds. The third-order valence-electron chi connectivity index (χ3n) is 3.94. The van der Waals surface area contributed by atoms with Crippen LogP contribution >= 0.6 is 11.3 Å². The molecular weight excluding hydrogens is 314 g/mol. The maximum absolute atomic E-state index is 12.4. The Labute approximate surface area is 140 Å². The van der Waals surface area contributed by atoms with Gasteiger partial charge in [-0.2, -0.15) is 0 Å². The highest BCUT2D eigenvalue weighted by atomic mass is 32.1. The molecule has 23 heavy (non-hydrogen) atoms. The van der Waals surface area contributed by atoms with E-state index in [1.165, 1.54) is 11.3 Å². The van der Waals surface area contributed by atoms with Crippen molar-refractivity contribution in [3.8, 4) is 0 Å². The van der Waals surface area contributed by atoms with E-state index in [4.69, 9.17) is 5.73 Å². The number of hydrogen-bond acceptors (Lipinski definition) is 6. The molecule has 0 saturated heterocycles. The number of nitrogens with zero attached hydrogens (tertiary/aromatic N) is 3. The van der Waals surface area contributed by atoms with Gasteiger partial charge in [0, 0.05) is 57.5 Å². The summed E-state index contributed by atoms with van der Waals surface area (Å²) in [6.45, 7) is 2.12. The van der Waals surface area contributed by atoms with Gasteiger partial charge in [-0.1, -0.05) is 0 Å². The first-order chi connectivity index (χ1) is 10.9. The monoisotopic (exact) mass is 339 g/mol. The molecule has 1 aromatic heterocycles. The summed E-state index contributed by atoms with van der Waals surface area (Å²) in [6, 6.07) is -0.213. The van der Waals surface area contributed by atoms with Crippen LogP contribution in [0.15, 0.2) is 0 Å². The second-order valence-corrected chi connectivity index (χ2v) is 7.19. The van der Waals surface area contributed by atoms with Gasteiger partial charge in [0.05, 0.1) is 5.69 Å². The van der Waals surface area contributed by atoms with Crippen molar-refractivity contribution in [1.82, 2.24) is 20.1 Å². The van der Waals surface area contributed by atoms with Gasteiger partial charge in [0.25, 0.3) is 5.91 Å². The third kappa shape index (κ3) is 4.73. The summed E-state index contributed by atoms with van der Waals surface area (Å²) in [7, 11) is 5.50. The Balaban J connectivity index is 1.93. The number of hydrogen-bond donors (Lipinski definition) is 2. The van der Waals surface area contributed by atoms with Crippen LogP contribution in [-0.4, -0.2) is 66.9 Å². The number of rotatable bonds is 6. The lowest BCUT2D eigenvalue weighted by molar-refractivity contribution is -0.128. The van der Waals surface area contributed by atoms with E-state index < -0.39 is 0 Å². The van der Waals surface area contributed by atoms with E-state index in [1.54, 1.807) is 19.0 Å². The molecule has 1 unspecified atom stereocenters. The van der Waals surface area contributed by atoms with Gasteiger partial charge in [-0.15, -0.1) is 11.3 Å². The molecule has 3 N–H and O–H groups in total. The van der Waals surface area contributed by atoms with E-state index in [0.717, 1.165) is 30.1 Å². The van der Waals surface area contributed by atoms with E-state index in [-0.39, 0.29) is 17.9 Å². The van der Waals surface area contributed by atoms with Crippen molar-refractivity contribution >= 4 is 23.2 Å². The molecule has 128 valence electrons. The predicted molar refractivity (Wildman–Crippen MR) is 90.4 cm³/mol. The van der Waals surface area contributed by atoms with Crippen molar-refractivity contribution in [2.75, 3.05) is 34.2 Å². The molecule has 1 aliphatic rings. The van der Waals surface area contributed by atoms with E-state index in [9.17, 15) is 9.59 Å². The fraction of sp³-hybridized carbons (Fsp3) is 0.667. The van der Waals surface area contributed by atoms with Gasteiger partial charge in [-0.05, 0) is 13.5 Å². The number of amides is 2. The average molecular weight is 339 g/mol. The Hall–Kier alpha value is -1.51. The van der Waals surface area contributed by atoms with Gasteiger partial charge in [0.15, 0.2) is 5.01 Å². The van der Waals surface area contributed by atoms with Gasteiger partial charge in [0.2, 0.25) is 5.91 Å². The van der Waals surface area contributed by atoms with Crippen LogP contribution in [-0.2, 0) is 17.8 Å². The second-order valence-electron chi connectivity index (χ2n) is 6.11. The molecule has 1 aromatic rings. The van der Waals surface area contributed by atoms with Gasteiger partial charge in [-0.3, -0.25) is 9.59 Å². The fourth-order valence-corrected chi connectivity index (χ4v) is 3.53. The molecule has 7 nitrogen and oxygen atoms in total. The number of carbonyl (C=O) groups excluding carboxylic acids is 2. The molecular formula is C15H25N5O2S. The zero-order chi connectivity index (χ0) is 17.0. The van der Waals surface area contributed by atoms with Crippen LogP contribution in [0, 0.1) is 0 Å². The summed E-state index contributed by atoms with van der Waals surface area (Å²) in [6.07, 6.45) is 1.79. The van der Waals surface area contributed by atoms with Crippen LogP contribution < -0.4 is 11.1 Å². The Kier molecular flexibility index (Phi) is 6.09. The summed E-state index contributed by atoms with van der Waals surface area (Å²) in [4.78, 5) is 33.4. The quantitative estimate of drug-likeness (QED) is 0.764. The number of likely N-dealkylation sites (N-methyl/N-ethyl adjacent to an activating group) is 1. The second kappa shape index (κ2) is 7.85. The van der Waals surface area contributed by atoms with Crippen molar-refractivity contribution in [3.63, 3.8) is 0 Å². The normalized spacial score (nSPS) is 15.8. The number of nitrogens with two attached hydrogens (primary N) is 1. The van der Waals surface area contributed by atoms with Crippen LogP contribution in [0.4, 0.5) is 0 Å². The molecule has 1 aliphatic heterocycles. The highest BCUT2D eigenvalue weighted by molar-refractivity contribution is 7.13. The predicted octanol–water partition coefficient (Wildman–Crippen LogP) is 0.0565. The summed E-state index contributed by atoms with van der Waals surface area (Å²) in [5.74, 6) is -0.162. The minimum Gasteiger partial charge on any atom is -0.349 e. The number of aromatic nitrogens is 1. The zero-order valence-corrected chi connectivity index (χ0v) is 14.8. The summed E-state index contributed by atoms with van der Waals surface area (Å²) in [5.41, 5.74) is 6.75. The highest BCUT2D eigenvalue weighted by Gasteiger charge is 2.22.